The fourth-order valence-electron chi connectivity index (χ4n) is 5.74. The molecule has 5 aromatic rings. The maximum atomic E-state index is 14.8. The van der Waals surface area contributed by atoms with Crippen LogP contribution in [0.1, 0.15) is 63.5 Å². The van der Waals surface area contributed by atoms with Gasteiger partial charge in [0, 0.05) is 16.3 Å². The number of aromatic hydroxyl groups is 1. The van der Waals surface area contributed by atoms with Gasteiger partial charge in [-0.15, -0.1) is 0 Å². The van der Waals surface area contributed by atoms with Crippen LogP contribution in [-0.4, -0.2) is 11.0 Å². The van der Waals surface area contributed by atoms with Crippen LogP contribution in [0.25, 0.3) is 0 Å². The fraction of sp³-hybridized carbons (Fsp3) is 0.162. The number of anilines is 1. The summed E-state index contributed by atoms with van der Waals surface area (Å²) in [5.74, 6) is -1.29. The highest BCUT2D eigenvalue weighted by molar-refractivity contribution is 6.32. The van der Waals surface area contributed by atoms with Gasteiger partial charge in [0.2, 0.25) is 0 Å². The van der Waals surface area contributed by atoms with Gasteiger partial charge in [-0.1, -0.05) is 122 Å². The van der Waals surface area contributed by atoms with Crippen molar-refractivity contribution < 1.29 is 14.3 Å². The number of phenols is 1. The van der Waals surface area contributed by atoms with Gasteiger partial charge in [-0.3, -0.25) is 4.79 Å². The number of hydrogen-bond acceptors (Lipinski definition) is 2. The Labute approximate surface area is 251 Å². The third-order valence-electron chi connectivity index (χ3n) is 7.85. The van der Waals surface area contributed by atoms with Crippen LogP contribution in [0, 0.1) is 12.7 Å². The lowest BCUT2D eigenvalue weighted by atomic mass is 9.65. The Kier molecular flexibility index (Phi) is 8.75. The van der Waals surface area contributed by atoms with Gasteiger partial charge >= 0.3 is 0 Å². The average Bonchev–Trinajstić information content (AvgIpc) is 3.01. The van der Waals surface area contributed by atoms with E-state index in [2.05, 4.69) is 41.7 Å². The van der Waals surface area contributed by atoms with Crippen LogP contribution in [-0.2, 0) is 11.8 Å². The molecule has 2 N–H and O–H groups in total. The molecule has 0 aromatic heterocycles. The van der Waals surface area contributed by atoms with E-state index in [1.165, 1.54) is 13.0 Å². The van der Waals surface area contributed by atoms with E-state index in [0.717, 1.165) is 35.1 Å². The normalized spacial score (nSPS) is 11.3. The van der Waals surface area contributed by atoms with Gasteiger partial charge in [0.25, 0.3) is 5.91 Å². The van der Waals surface area contributed by atoms with Crippen LogP contribution in [0.5, 0.6) is 5.75 Å². The number of rotatable bonds is 9. The van der Waals surface area contributed by atoms with Gasteiger partial charge in [0.05, 0.1) is 11.0 Å². The highest BCUT2D eigenvalue weighted by Crippen LogP contribution is 2.48. The minimum absolute atomic E-state index is 0.0616. The lowest BCUT2D eigenvalue weighted by molar-refractivity contribution is 0.102. The second-order valence-electron chi connectivity index (χ2n) is 10.5. The summed E-state index contributed by atoms with van der Waals surface area (Å²) in [7, 11) is 0. The minimum Gasteiger partial charge on any atom is -0.507 e. The number of nitrogens with one attached hydrogen (secondary N) is 1. The van der Waals surface area contributed by atoms with Gasteiger partial charge in [-0.2, -0.15) is 0 Å². The first-order valence-electron chi connectivity index (χ1n) is 14.2. The molecule has 5 aromatic carbocycles. The van der Waals surface area contributed by atoms with Crippen molar-refractivity contribution in [1.29, 1.82) is 0 Å². The molecule has 42 heavy (non-hydrogen) atoms. The molecule has 0 bridgehead atoms. The number of phenolic OH excluding ortho intramolecular Hbond substituents is 1. The summed E-state index contributed by atoms with van der Waals surface area (Å²) in [6.07, 6.45) is 2.15. The molecule has 5 heteroatoms. The van der Waals surface area contributed by atoms with E-state index in [1.54, 1.807) is 12.1 Å². The number of unbranched alkanes of at least 4 members (excludes halogenated alkanes) is 1. The molecule has 3 nitrogen and oxygen atoms in total. The van der Waals surface area contributed by atoms with Crippen molar-refractivity contribution in [2.24, 2.45) is 0 Å². The number of halogens is 2. The lowest BCUT2D eigenvalue weighted by Crippen LogP contribution is -2.31. The molecular formula is C37H33ClFNO2. The average molecular weight is 578 g/mol. The maximum Gasteiger partial charge on any atom is 0.259 e. The van der Waals surface area contributed by atoms with Crippen molar-refractivity contribution in [1.82, 2.24) is 0 Å². The SMILES string of the molecule is CCCCc1cc(F)c(C)c(C(=O)Nc2ccc(C(c3ccccc3)(c3ccccc3)c3ccccc3)c(Cl)c2)c1O. The molecule has 0 atom stereocenters. The molecule has 0 unspecified atom stereocenters. The van der Waals surface area contributed by atoms with Crippen molar-refractivity contribution in [2.45, 2.75) is 38.5 Å². The van der Waals surface area contributed by atoms with Crippen molar-refractivity contribution in [2.75, 3.05) is 5.32 Å². The van der Waals surface area contributed by atoms with Gasteiger partial charge in [-0.05, 0) is 65.8 Å². The van der Waals surface area contributed by atoms with Crippen LogP contribution < -0.4 is 5.32 Å². The summed E-state index contributed by atoms with van der Waals surface area (Å²) in [5, 5.41) is 14.2. The first kappa shape index (κ1) is 29.1. The molecule has 0 radical (unpaired) electrons. The second-order valence-corrected chi connectivity index (χ2v) is 10.9. The van der Waals surface area contributed by atoms with E-state index in [0.29, 0.717) is 22.7 Å². The summed E-state index contributed by atoms with van der Waals surface area (Å²) in [4.78, 5) is 13.4. The zero-order valence-corrected chi connectivity index (χ0v) is 24.5. The molecule has 0 fully saturated rings. The zero-order chi connectivity index (χ0) is 29.7. The van der Waals surface area contributed by atoms with Gasteiger partial charge in [-0.25, -0.2) is 4.39 Å². The highest BCUT2D eigenvalue weighted by atomic mass is 35.5. The molecule has 5 rings (SSSR count). The van der Waals surface area contributed by atoms with Crippen molar-refractivity contribution in [3.05, 3.63) is 165 Å². The number of carbonyl (C=O) groups is 1. The van der Waals surface area contributed by atoms with Crippen LogP contribution >= 0.6 is 11.6 Å². The smallest absolute Gasteiger partial charge is 0.259 e. The molecule has 0 aliphatic heterocycles. The van der Waals surface area contributed by atoms with Crippen LogP contribution in [0.4, 0.5) is 10.1 Å². The summed E-state index contributed by atoms with van der Waals surface area (Å²) in [5.41, 5.74) is 4.14. The minimum atomic E-state index is -0.741. The Hall–Kier alpha value is -4.41. The number of carbonyl (C=O) groups excluding carboxylic acids is 1. The molecule has 0 saturated heterocycles. The van der Waals surface area contributed by atoms with Crippen LogP contribution in [0.15, 0.2) is 115 Å². The lowest BCUT2D eigenvalue weighted by Gasteiger charge is -2.37. The van der Waals surface area contributed by atoms with Gasteiger partial charge in [0.15, 0.2) is 0 Å². The Morgan fingerprint density at radius 3 is 1.83 bits per heavy atom. The molecule has 0 spiro atoms. The third kappa shape index (κ3) is 5.43. The Balaban J connectivity index is 1.61. The molecule has 0 aliphatic rings. The Morgan fingerprint density at radius 1 is 0.833 bits per heavy atom. The quantitative estimate of drug-likeness (QED) is 0.171. The molecule has 1 amide bonds. The third-order valence-corrected chi connectivity index (χ3v) is 8.17. The van der Waals surface area contributed by atoms with Crippen molar-refractivity contribution >= 4 is 23.2 Å². The highest BCUT2D eigenvalue weighted by Gasteiger charge is 2.39. The molecule has 212 valence electrons. The van der Waals surface area contributed by atoms with E-state index >= 15 is 0 Å². The molecule has 0 saturated carbocycles. The van der Waals surface area contributed by atoms with Crippen molar-refractivity contribution in [3.63, 3.8) is 0 Å². The van der Waals surface area contributed by atoms with Crippen LogP contribution in [0.3, 0.4) is 0 Å². The molecule has 0 aliphatic carbocycles. The van der Waals surface area contributed by atoms with Gasteiger partial charge in [0.1, 0.15) is 11.6 Å². The zero-order valence-electron chi connectivity index (χ0n) is 23.7. The topological polar surface area (TPSA) is 49.3 Å². The summed E-state index contributed by atoms with van der Waals surface area (Å²) >= 11 is 7.10. The first-order chi connectivity index (χ1) is 20.4. The van der Waals surface area contributed by atoms with E-state index in [1.807, 2.05) is 67.6 Å². The predicted molar refractivity (Wildman–Crippen MR) is 169 cm³/mol. The second kappa shape index (κ2) is 12.6. The van der Waals surface area contributed by atoms with E-state index in [9.17, 15) is 14.3 Å². The van der Waals surface area contributed by atoms with E-state index in [4.69, 9.17) is 11.6 Å². The first-order valence-corrected chi connectivity index (χ1v) is 14.5. The number of benzene rings is 5. The summed E-state index contributed by atoms with van der Waals surface area (Å²) in [6, 6.07) is 37.4. The number of aryl methyl sites for hydroxylation is 1. The Morgan fingerprint density at radius 2 is 1.36 bits per heavy atom. The van der Waals surface area contributed by atoms with Gasteiger partial charge < -0.3 is 10.4 Å². The number of amides is 1. The summed E-state index contributed by atoms with van der Waals surface area (Å²) < 4.78 is 14.8. The monoisotopic (exact) mass is 577 g/mol. The van der Waals surface area contributed by atoms with E-state index in [-0.39, 0.29) is 16.9 Å². The van der Waals surface area contributed by atoms with E-state index < -0.39 is 17.1 Å². The standard InChI is InChI=1S/C37H33ClFNO2/c1-3-4-14-26-23-33(39)25(2)34(35(26)41)36(42)40-30-21-22-31(32(38)24-30)37(27-15-8-5-9-16-27,28-17-10-6-11-18-28)29-19-12-7-13-20-29/h5-13,15-24,41H,3-4,14H2,1-2H3,(H,40,42). The predicted octanol–water partition coefficient (Wildman–Crippen LogP) is 9.47. The fourth-order valence-corrected chi connectivity index (χ4v) is 6.07. The molecular weight excluding hydrogens is 545 g/mol. The Bertz CT molecular complexity index is 1590. The maximum absolute atomic E-state index is 14.8. The molecule has 0 heterocycles. The summed E-state index contributed by atoms with van der Waals surface area (Å²) in [6.45, 7) is 3.52. The van der Waals surface area contributed by atoms with Crippen molar-refractivity contribution in [3.8, 4) is 5.75 Å². The van der Waals surface area contributed by atoms with Crippen LogP contribution in [0.2, 0.25) is 5.02 Å². The number of hydrogen-bond donors (Lipinski definition) is 2. The largest absolute Gasteiger partial charge is 0.507 e.